The Bertz CT molecular complexity index is 2650. The lowest BCUT2D eigenvalue weighted by atomic mass is 10.0. The number of thiazole rings is 2. The Hall–Kier alpha value is -3.28. The minimum Gasteiger partial charge on any atom is -0.345 e. The molecule has 2 saturated heterocycles. The molecule has 0 radical (unpaired) electrons. The van der Waals surface area contributed by atoms with E-state index < -0.39 is 20.0 Å². The molecule has 0 aliphatic carbocycles. The number of hydrogen-bond donors (Lipinski definition) is 0. The van der Waals surface area contributed by atoms with Crippen molar-refractivity contribution >= 4 is 99.4 Å². The van der Waals surface area contributed by atoms with Gasteiger partial charge in [0, 0.05) is 86.0 Å². The average molecular weight is 993 g/mol. The highest BCUT2D eigenvalue weighted by molar-refractivity contribution is 7.89. The fraction of sp³-hybridized carbons (Fsp3) is 0.318. The summed E-state index contributed by atoms with van der Waals surface area (Å²) >= 11 is 27.3. The summed E-state index contributed by atoms with van der Waals surface area (Å²) in [6.07, 6.45) is 1.60. The normalized spacial score (nSPS) is 15.4. The topological polar surface area (TPSA) is 107 Å². The van der Waals surface area contributed by atoms with Gasteiger partial charge in [-0.2, -0.15) is 8.61 Å². The largest absolute Gasteiger partial charge is 0.345 e. The van der Waals surface area contributed by atoms with Gasteiger partial charge < -0.3 is 9.80 Å². The van der Waals surface area contributed by atoms with E-state index in [9.17, 15) is 16.8 Å². The van der Waals surface area contributed by atoms with Crippen LogP contribution in [0.3, 0.4) is 0 Å². The van der Waals surface area contributed by atoms with Gasteiger partial charge in [0.15, 0.2) is 10.3 Å². The first-order chi connectivity index (χ1) is 29.5. The Labute approximate surface area is 392 Å². The monoisotopic (exact) mass is 990 g/mol. The zero-order valence-corrected chi connectivity index (χ0v) is 40.9. The van der Waals surface area contributed by atoms with Crippen LogP contribution in [-0.4, -0.2) is 87.8 Å². The molecule has 4 heterocycles. The van der Waals surface area contributed by atoms with Crippen molar-refractivity contribution < 1.29 is 16.8 Å². The number of rotatable bonds is 10. The predicted molar refractivity (Wildman–Crippen MR) is 257 cm³/mol. The number of aryl methyl sites for hydroxylation is 3. The lowest BCUT2D eigenvalue weighted by Crippen LogP contribution is -2.48. The zero-order chi connectivity index (χ0) is 44.3. The van der Waals surface area contributed by atoms with Crippen LogP contribution in [0, 0.1) is 27.7 Å². The molecule has 0 unspecified atom stereocenters. The molecule has 0 N–H and O–H groups in total. The molecule has 18 heteroatoms. The van der Waals surface area contributed by atoms with Crippen LogP contribution < -0.4 is 9.80 Å². The maximum atomic E-state index is 13.0. The Balaban J connectivity index is 0.000000186. The van der Waals surface area contributed by atoms with Crippen LogP contribution in [0.4, 0.5) is 10.3 Å². The molecule has 0 bridgehead atoms. The first kappa shape index (κ1) is 46.7. The smallest absolute Gasteiger partial charge is 0.244 e. The van der Waals surface area contributed by atoms with Crippen molar-refractivity contribution in [1.82, 2.24) is 18.6 Å². The summed E-state index contributed by atoms with van der Waals surface area (Å²) in [7, 11) is -7.32. The van der Waals surface area contributed by atoms with Gasteiger partial charge in [-0.1, -0.05) is 88.4 Å². The van der Waals surface area contributed by atoms with Crippen molar-refractivity contribution in [2.45, 2.75) is 50.3 Å². The third kappa shape index (κ3) is 10.8. The van der Waals surface area contributed by atoms with E-state index in [0.29, 0.717) is 62.4 Å². The molecule has 62 heavy (non-hydrogen) atoms. The minimum absolute atomic E-state index is 0.0945. The molecule has 328 valence electrons. The second kappa shape index (κ2) is 19.9. The van der Waals surface area contributed by atoms with Crippen molar-refractivity contribution in [3.05, 3.63) is 148 Å². The predicted octanol–water partition coefficient (Wildman–Crippen LogP) is 10.3. The molecule has 2 aliphatic rings. The molecular weight excluding hydrogens is 947 g/mol. The number of sulfonamides is 2. The van der Waals surface area contributed by atoms with Gasteiger partial charge in [-0.05, 0) is 91.9 Å². The van der Waals surface area contributed by atoms with Gasteiger partial charge in [0.2, 0.25) is 20.0 Å². The van der Waals surface area contributed by atoms with Gasteiger partial charge in [-0.3, -0.25) is 0 Å². The number of benzene rings is 4. The molecule has 2 fully saturated rings. The summed E-state index contributed by atoms with van der Waals surface area (Å²) in [4.78, 5) is 14.1. The molecule has 2 aliphatic heterocycles. The summed E-state index contributed by atoms with van der Waals surface area (Å²) in [5.41, 5.74) is 9.74. The van der Waals surface area contributed by atoms with Gasteiger partial charge in [0.05, 0.1) is 21.4 Å². The standard InChI is InChI=1S/2C22H23Cl2N3O2S2/c1-15-3-4-16(2)17(11-15)12-19-14-30-22(25-19)26-7-9-27(10-8-26)31(28,29)21-6-5-18(23)13-20(21)24;1-15-4-3-5-17(16(15)2)12-19-14-30-22(25-19)26-8-10-27(11-9-26)31(28,29)21-7-6-18(23)13-20(21)24/h3-6,11,13-14H,7-10,12H2,1-2H3;3-7,13-14H,8-12H2,1-2H3. The maximum Gasteiger partial charge on any atom is 0.244 e. The van der Waals surface area contributed by atoms with E-state index in [0.717, 1.165) is 34.5 Å². The number of halogens is 4. The van der Waals surface area contributed by atoms with Gasteiger partial charge in [-0.25, -0.2) is 26.8 Å². The molecule has 4 aromatic carbocycles. The number of piperazine rings is 2. The summed E-state index contributed by atoms with van der Waals surface area (Å²) < 4.78 is 54.9. The first-order valence-electron chi connectivity index (χ1n) is 19.9. The van der Waals surface area contributed by atoms with Crippen LogP contribution in [0.1, 0.15) is 44.8 Å². The van der Waals surface area contributed by atoms with Crippen LogP contribution in [0.5, 0.6) is 0 Å². The van der Waals surface area contributed by atoms with Crippen molar-refractivity contribution in [2.75, 3.05) is 62.2 Å². The zero-order valence-electron chi connectivity index (χ0n) is 34.6. The fourth-order valence-electron chi connectivity index (χ4n) is 7.32. The maximum absolute atomic E-state index is 13.0. The highest BCUT2D eigenvalue weighted by Gasteiger charge is 2.32. The fourth-order valence-corrected chi connectivity index (χ4v) is 13.4. The van der Waals surface area contributed by atoms with Crippen LogP contribution in [0.15, 0.2) is 93.3 Å². The second-order valence-electron chi connectivity index (χ2n) is 15.3. The first-order valence-corrected chi connectivity index (χ1v) is 26.0. The van der Waals surface area contributed by atoms with E-state index in [-0.39, 0.29) is 19.8 Å². The summed E-state index contributed by atoms with van der Waals surface area (Å²) in [6, 6.07) is 21.8. The van der Waals surface area contributed by atoms with E-state index in [1.807, 2.05) is 0 Å². The Morgan fingerprint density at radius 3 is 1.48 bits per heavy atom. The van der Waals surface area contributed by atoms with E-state index >= 15 is 0 Å². The third-order valence-electron chi connectivity index (χ3n) is 11.1. The van der Waals surface area contributed by atoms with Crippen molar-refractivity contribution in [2.24, 2.45) is 0 Å². The van der Waals surface area contributed by atoms with Crippen LogP contribution in [0.2, 0.25) is 20.1 Å². The quantitative estimate of drug-likeness (QED) is 0.134. The molecule has 8 rings (SSSR count). The molecule has 0 saturated carbocycles. The Kier molecular flexibility index (Phi) is 15.0. The van der Waals surface area contributed by atoms with Crippen LogP contribution >= 0.6 is 69.1 Å². The Morgan fingerprint density at radius 2 is 1.02 bits per heavy atom. The SMILES string of the molecule is Cc1ccc(C)c(Cc2csc(N3CCN(S(=O)(=O)c4ccc(Cl)cc4Cl)CC3)n2)c1.Cc1cccc(Cc2csc(N3CCN(S(=O)(=O)c4ccc(Cl)cc4Cl)CC3)n2)c1C. The van der Waals surface area contributed by atoms with Gasteiger partial charge in [0.25, 0.3) is 0 Å². The lowest BCUT2D eigenvalue weighted by molar-refractivity contribution is 0.384. The highest BCUT2D eigenvalue weighted by atomic mass is 35.5. The summed E-state index contributed by atoms with van der Waals surface area (Å²) in [6.45, 7) is 12.3. The molecule has 0 amide bonds. The number of hydrogen-bond acceptors (Lipinski definition) is 10. The van der Waals surface area contributed by atoms with Crippen molar-refractivity contribution in [3.8, 4) is 0 Å². The molecule has 2 aromatic heterocycles. The van der Waals surface area contributed by atoms with Crippen molar-refractivity contribution in [1.29, 1.82) is 0 Å². The van der Waals surface area contributed by atoms with E-state index in [1.54, 1.807) is 34.8 Å². The Morgan fingerprint density at radius 1 is 0.548 bits per heavy atom. The number of nitrogens with zero attached hydrogens (tertiary/aromatic N) is 6. The average Bonchev–Trinajstić information content (AvgIpc) is 3.91. The van der Waals surface area contributed by atoms with Gasteiger partial charge >= 0.3 is 0 Å². The number of aromatic nitrogens is 2. The summed E-state index contributed by atoms with van der Waals surface area (Å²) in [5.74, 6) is 0. The minimum atomic E-state index is -3.66. The van der Waals surface area contributed by atoms with Gasteiger partial charge in [0.1, 0.15) is 9.79 Å². The molecular formula is C44H46Cl4N6O4S4. The highest BCUT2D eigenvalue weighted by Crippen LogP contribution is 2.32. The number of anilines is 2. The molecule has 0 spiro atoms. The lowest BCUT2D eigenvalue weighted by Gasteiger charge is -2.34. The van der Waals surface area contributed by atoms with Gasteiger partial charge in [-0.15, -0.1) is 22.7 Å². The summed E-state index contributed by atoms with van der Waals surface area (Å²) in [5, 5.41) is 7.16. The second-order valence-corrected chi connectivity index (χ2v) is 22.5. The van der Waals surface area contributed by atoms with E-state index in [2.05, 4.69) is 84.7 Å². The van der Waals surface area contributed by atoms with E-state index in [1.165, 1.54) is 66.3 Å². The van der Waals surface area contributed by atoms with Crippen LogP contribution in [0.25, 0.3) is 0 Å². The molecule has 10 nitrogen and oxygen atoms in total. The van der Waals surface area contributed by atoms with Crippen LogP contribution in [-0.2, 0) is 32.9 Å². The third-order valence-corrected chi connectivity index (χ3v) is 18.2. The van der Waals surface area contributed by atoms with E-state index in [4.69, 9.17) is 56.4 Å². The molecule has 0 atom stereocenters. The van der Waals surface area contributed by atoms with Crippen molar-refractivity contribution in [3.63, 3.8) is 0 Å². The molecule has 6 aromatic rings.